The molecule has 0 N–H and O–H groups in total. The lowest BCUT2D eigenvalue weighted by molar-refractivity contribution is 0.213. The first kappa shape index (κ1) is 24.8. The Balaban J connectivity index is 1.77. The van der Waals surface area contributed by atoms with E-state index < -0.39 is 0 Å². The minimum atomic E-state index is 0.578. The quantitative estimate of drug-likeness (QED) is 0.145. The van der Waals surface area contributed by atoms with Crippen LogP contribution in [0.1, 0.15) is 43.4 Å². The van der Waals surface area contributed by atoms with Gasteiger partial charge < -0.3 is 19.0 Å². The molecule has 0 fully saturated rings. The fourth-order valence-electron chi connectivity index (χ4n) is 3.06. The molecule has 0 aliphatic rings. The summed E-state index contributed by atoms with van der Waals surface area (Å²) in [6, 6.07) is 9.94. The van der Waals surface area contributed by atoms with Gasteiger partial charge in [-0.05, 0) is 97.9 Å². The number of allylic oxidation sites excluding steroid dienone is 1. The molecule has 168 valence electrons. The van der Waals surface area contributed by atoms with Crippen molar-refractivity contribution in [2.75, 3.05) is 26.9 Å². The van der Waals surface area contributed by atoms with E-state index in [1.165, 1.54) is 7.11 Å². The zero-order chi connectivity index (χ0) is 22.6. The van der Waals surface area contributed by atoms with Crippen LogP contribution in [0.3, 0.4) is 0 Å². The Morgan fingerprint density at radius 3 is 2.29 bits per heavy atom. The molecular weight excluding hydrogens is 458 g/mol. The summed E-state index contributed by atoms with van der Waals surface area (Å²) < 4.78 is 18.6. The third kappa shape index (κ3) is 7.94. The van der Waals surface area contributed by atoms with Crippen LogP contribution in [0.25, 0.3) is 0 Å². The molecule has 0 saturated carbocycles. The van der Waals surface area contributed by atoms with Crippen molar-refractivity contribution in [3.8, 4) is 17.2 Å². The molecule has 0 aromatic heterocycles. The fourth-order valence-corrected chi connectivity index (χ4v) is 3.55. The minimum Gasteiger partial charge on any atom is -0.493 e. The molecule has 0 heterocycles. The van der Waals surface area contributed by atoms with Crippen molar-refractivity contribution in [2.24, 2.45) is 5.16 Å². The smallest absolute Gasteiger partial charge is 0.133 e. The van der Waals surface area contributed by atoms with Crippen molar-refractivity contribution in [1.82, 2.24) is 0 Å². The van der Waals surface area contributed by atoms with Gasteiger partial charge in [0.1, 0.15) is 31.0 Å². The standard InChI is InChI=1S/C25H32BrNO4/c1-6-7-12-29-22-15-18(2)25(19(3)16-22)31-14-9-8-13-30-24-11-10-21(17-23(24)26)20(4)27-28-5/h6-7,10-11,15-17H,8-9,12-14H2,1-5H3/b7-6+,27-20+. The van der Waals surface area contributed by atoms with Crippen molar-refractivity contribution in [3.05, 3.63) is 63.6 Å². The highest BCUT2D eigenvalue weighted by molar-refractivity contribution is 9.10. The Morgan fingerprint density at radius 1 is 1.00 bits per heavy atom. The molecule has 0 atom stereocenters. The van der Waals surface area contributed by atoms with Crippen molar-refractivity contribution >= 4 is 21.6 Å². The molecule has 0 spiro atoms. The fraction of sp³-hybridized carbons (Fsp3) is 0.400. The molecule has 0 aliphatic heterocycles. The van der Waals surface area contributed by atoms with Crippen molar-refractivity contribution in [1.29, 1.82) is 0 Å². The van der Waals surface area contributed by atoms with Crippen LogP contribution in [0.15, 0.2) is 52.1 Å². The number of halogens is 1. The van der Waals surface area contributed by atoms with Crippen molar-refractivity contribution in [2.45, 2.75) is 40.5 Å². The zero-order valence-corrected chi connectivity index (χ0v) is 20.6. The molecule has 0 aliphatic carbocycles. The molecule has 2 aromatic rings. The average molecular weight is 490 g/mol. The second-order valence-electron chi connectivity index (χ2n) is 7.17. The SMILES string of the molecule is C/C=C/COc1cc(C)c(OCCCCOc2ccc(/C(C)=N/OC)cc2Br)c(C)c1. The highest BCUT2D eigenvalue weighted by atomic mass is 79.9. The highest BCUT2D eigenvalue weighted by Gasteiger charge is 2.08. The maximum absolute atomic E-state index is 6.03. The Morgan fingerprint density at radius 2 is 1.68 bits per heavy atom. The van der Waals surface area contributed by atoms with Crippen LogP contribution < -0.4 is 14.2 Å². The third-order valence-corrected chi connectivity index (χ3v) is 5.26. The van der Waals surface area contributed by atoms with E-state index in [0.717, 1.165) is 57.0 Å². The van der Waals surface area contributed by atoms with Gasteiger partial charge >= 0.3 is 0 Å². The van der Waals surface area contributed by atoms with Crippen molar-refractivity contribution < 1.29 is 19.0 Å². The number of oxime groups is 1. The molecular formula is C25H32BrNO4. The zero-order valence-electron chi connectivity index (χ0n) is 19.0. The molecule has 0 unspecified atom stereocenters. The number of nitrogens with zero attached hydrogens (tertiary/aromatic N) is 1. The number of unbranched alkanes of at least 4 members (excludes halogenated alkanes) is 1. The summed E-state index contributed by atoms with van der Waals surface area (Å²) in [5, 5.41) is 3.95. The molecule has 2 aromatic carbocycles. The number of aryl methyl sites for hydroxylation is 2. The number of hydrogen-bond acceptors (Lipinski definition) is 5. The van der Waals surface area contributed by atoms with Gasteiger partial charge in [-0.2, -0.15) is 0 Å². The molecule has 5 nitrogen and oxygen atoms in total. The monoisotopic (exact) mass is 489 g/mol. The minimum absolute atomic E-state index is 0.578. The largest absolute Gasteiger partial charge is 0.493 e. The lowest BCUT2D eigenvalue weighted by Gasteiger charge is -2.14. The first-order valence-corrected chi connectivity index (χ1v) is 11.2. The van der Waals surface area contributed by atoms with Gasteiger partial charge in [0.15, 0.2) is 0 Å². The van der Waals surface area contributed by atoms with Gasteiger partial charge in [0.25, 0.3) is 0 Å². The van der Waals surface area contributed by atoms with Gasteiger partial charge in [0.05, 0.1) is 23.4 Å². The van der Waals surface area contributed by atoms with Crippen LogP contribution in [0.4, 0.5) is 0 Å². The van der Waals surface area contributed by atoms with Gasteiger partial charge in [0, 0.05) is 5.56 Å². The van der Waals surface area contributed by atoms with Crippen LogP contribution in [0, 0.1) is 13.8 Å². The maximum atomic E-state index is 6.03. The molecule has 0 saturated heterocycles. The van der Waals surface area contributed by atoms with Crippen LogP contribution in [-0.4, -0.2) is 32.6 Å². The van der Waals surface area contributed by atoms with Crippen LogP contribution in [-0.2, 0) is 4.84 Å². The summed E-state index contributed by atoms with van der Waals surface area (Å²) in [6.07, 6.45) is 5.78. The van der Waals surface area contributed by atoms with Gasteiger partial charge in [-0.1, -0.05) is 17.3 Å². The summed E-state index contributed by atoms with van der Waals surface area (Å²) in [4.78, 5) is 4.82. The van der Waals surface area contributed by atoms with Gasteiger partial charge in [-0.25, -0.2) is 0 Å². The lowest BCUT2D eigenvalue weighted by atomic mass is 10.1. The third-order valence-electron chi connectivity index (χ3n) is 4.64. The lowest BCUT2D eigenvalue weighted by Crippen LogP contribution is -2.05. The van der Waals surface area contributed by atoms with E-state index in [9.17, 15) is 0 Å². The van der Waals surface area contributed by atoms with E-state index in [1.54, 1.807) is 0 Å². The van der Waals surface area contributed by atoms with Crippen LogP contribution in [0.2, 0.25) is 0 Å². The first-order chi connectivity index (χ1) is 15.0. The normalized spacial score (nSPS) is 11.6. The number of rotatable bonds is 12. The van der Waals surface area contributed by atoms with E-state index in [-0.39, 0.29) is 0 Å². The van der Waals surface area contributed by atoms with E-state index in [2.05, 4.69) is 21.1 Å². The molecule has 2 rings (SSSR count). The molecule has 0 amide bonds. The van der Waals surface area contributed by atoms with Gasteiger partial charge in [-0.3, -0.25) is 0 Å². The Hall–Kier alpha value is -2.47. The Kier molecular flexibility index (Phi) is 10.4. The Bertz CT molecular complexity index is 885. The van der Waals surface area contributed by atoms with E-state index in [0.29, 0.717) is 19.8 Å². The first-order valence-electron chi connectivity index (χ1n) is 10.4. The topological polar surface area (TPSA) is 49.3 Å². The van der Waals surface area contributed by atoms with E-state index >= 15 is 0 Å². The summed E-state index contributed by atoms with van der Waals surface area (Å²) in [5.74, 6) is 2.62. The van der Waals surface area contributed by atoms with Gasteiger partial charge in [0.2, 0.25) is 0 Å². The number of benzene rings is 2. The summed E-state index contributed by atoms with van der Waals surface area (Å²) in [5.41, 5.74) is 3.97. The molecule has 0 bridgehead atoms. The second-order valence-corrected chi connectivity index (χ2v) is 8.03. The maximum Gasteiger partial charge on any atom is 0.133 e. The predicted octanol–water partition coefficient (Wildman–Crippen LogP) is 6.63. The van der Waals surface area contributed by atoms with Crippen LogP contribution in [0.5, 0.6) is 17.2 Å². The predicted molar refractivity (Wildman–Crippen MR) is 130 cm³/mol. The molecule has 6 heteroatoms. The number of ether oxygens (including phenoxy) is 3. The Labute approximate surface area is 194 Å². The van der Waals surface area contributed by atoms with E-state index in [1.807, 2.05) is 70.2 Å². The molecule has 31 heavy (non-hydrogen) atoms. The number of hydrogen-bond donors (Lipinski definition) is 0. The summed E-state index contributed by atoms with van der Waals surface area (Å²) >= 11 is 3.56. The van der Waals surface area contributed by atoms with Crippen molar-refractivity contribution in [3.63, 3.8) is 0 Å². The second kappa shape index (κ2) is 13.1. The average Bonchev–Trinajstić information content (AvgIpc) is 2.73. The van der Waals surface area contributed by atoms with Gasteiger partial charge in [-0.15, -0.1) is 0 Å². The summed E-state index contributed by atoms with van der Waals surface area (Å²) in [6.45, 7) is 9.84. The highest BCUT2D eigenvalue weighted by Crippen LogP contribution is 2.29. The summed E-state index contributed by atoms with van der Waals surface area (Å²) in [7, 11) is 1.54. The van der Waals surface area contributed by atoms with Crippen LogP contribution >= 0.6 is 15.9 Å². The van der Waals surface area contributed by atoms with E-state index in [4.69, 9.17) is 19.0 Å². The molecule has 0 radical (unpaired) electrons.